The summed E-state index contributed by atoms with van der Waals surface area (Å²) < 4.78 is 11.6. The SMILES string of the molecule is NCCc1ccc2nc(Oc3ccc(OCC4CC4)cc3Cl)ccc2c1. The minimum absolute atomic E-state index is 0.512. The maximum absolute atomic E-state index is 6.34. The predicted octanol–water partition coefficient (Wildman–Crippen LogP) is 4.97. The maximum atomic E-state index is 6.34. The van der Waals surface area contributed by atoms with Gasteiger partial charge in [0.1, 0.15) is 11.5 Å². The zero-order valence-corrected chi connectivity index (χ0v) is 15.2. The summed E-state index contributed by atoms with van der Waals surface area (Å²) in [5.74, 6) is 2.56. The molecule has 0 saturated heterocycles. The van der Waals surface area contributed by atoms with E-state index in [2.05, 4.69) is 11.1 Å². The van der Waals surface area contributed by atoms with Gasteiger partial charge in [-0.3, -0.25) is 0 Å². The van der Waals surface area contributed by atoms with Gasteiger partial charge in [-0.1, -0.05) is 17.7 Å². The molecule has 0 aliphatic heterocycles. The van der Waals surface area contributed by atoms with Crippen LogP contribution in [0.25, 0.3) is 10.9 Å². The molecule has 26 heavy (non-hydrogen) atoms. The van der Waals surface area contributed by atoms with Gasteiger partial charge < -0.3 is 15.2 Å². The lowest BCUT2D eigenvalue weighted by Crippen LogP contribution is -2.02. The van der Waals surface area contributed by atoms with Crippen LogP contribution in [-0.4, -0.2) is 18.1 Å². The van der Waals surface area contributed by atoms with E-state index in [1.54, 1.807) is 6.07 Å². The molecule has 5 heteroatoms. The average Bonchev–Trinajstić information content (AvgIpc) is 3.47. The van der Waals surface area contributed by atoms with E-state index < -0.39 is 0 Å². The molecule has 0 atom stereocenters. The van der Waals surface area contributed by atoms with Crippen molar-refractivity contribution in [2.45, 2.75) is 19.3 Å². The quantitative estimate of drug-likeness (QED) is 0.639. The zero-order valence-electron chi connectivity index (χ0n) is 14.5. The fourth-order valence-electron chi connectivity index (χ4n) is 2.80. The smallest absolute Gasteiger partial charge is 0.219 e. The van der Waals surface area contributed by atoms with Crippen molar-refractivity contribution in [1.29, 1.82) is 0 Å². The average molecular weight is 369 g/mol. The van der Waals surface area contributed by atoms with Crippen molar-refractivity contribution in [3.8, 4) is 17.4 Å². The summed E-state index contributed by atoms with van der Waals surface area (Å²) in [6.45, 7) is 1.40. The molecule has 2 N–H and O–H groups in total. The van der Waals surface area contributed by atoms with Crippen molar-refractivity contribution in [3.63, 3.8) is 0 Å². The van der Waals surface area contributed by atoms with Crippen LogP contribution in [0.15, 0.2) is 48.5 Å². The van der Waals surface area contributed by atoms with Gasteiger partial charge in [-0.25, -0.2) is 4.98 Å². The second-order valence-corrected chi connectivity index (χ2v) is 7.07. The van der Waals surface area contributed by atoms with Crippen LogP contribution in [0.1, 0.15) is 18.4 Å². The Labute approximate surface area is 157 Å². The van der Waals surface area contributed by atoms with Crippen LogP contribution in [0.3, 0.4) is 0 Å². The molecule has 0 bridgehead atoms. The molecule has 1 saturated carbocycles. The van der Waals surface area contributed by atoms with Gasteiger partial charge in [-0.15, -0.1) is 0 Å². The molecule has 4 nitrogen and oxygen atoms in total. The highest BCUT2D eigenvalue weighted by molar-refractivity contribution is 6.32. The number of fused-ring (bicyclic) bond motifs is 1. The minimum atomic E-state index is 0.512. The van der Waals surface area contributed by atoms with Crippen LogP contribution in [0, 0.1) is 5.92 Å². The Hall–Kier alpha value is -2.30. The largest absolute Gasteiger partial charge is 0.493 e. The third-order valence-corrected chi connectivity index (χ3v) is 4.76. The van der Waals surface area contributed by atoms with Crippen LogP contribution in [0.4, 0.5) is 0 Å². The molecular formula is C21H21ClN2O2. The molecule has 4 rings (SSSR count). The number of hydrogen-bond acceptors (Lipinski definition) is 4. The standard InChI is InChI=1S/C21H21ClN2O2/c22-18-12-17(25-13-15-1-2-15)5-7-20(18)26-21-8-4-16-11-14(9-10-23)3-6-19(16)24-21/h3-8,11-12,15H,1-2,9-10,13,23H2. The molecule has 0 spiro atoms. The fourth-order valence-corrected chi connectivity index (χ4v) is 3.01. The number of pyridine rings is 1. The van der Waals surface area contributed by atoms with Gasteiger partial charge in [-0.2, -0.15) is 0 Å². The summed E-state index contributed by atoms with van der Waals surface area (Å²) in [4.78, 5) is 4.56. The van der Waals surface area contributed by atoms with Crippen molar-refractivity contribution in [2.24, 2.45) is 11.7 Å². The maximum Gasteiger partial charge on any atom is 0.219 e. The second-order valence-electron chi connectivity index (χ2n) is 6.66. The number of hydrogen-bond donors (Lipinski definition) is 1. The zero-order chi connectivity index (χ0) is 17.9. The third-order valence-electron chi connectivity index (χ3n) is 4.46. The highest BCUT2D eigenvalue weighted by atomic mass is 35.5. The van der Waals surface area contributed by atoms with Gasteiger partial charge in [0.2, 0.25) is 5.88 Å². The summed E-state index contributed by atoms with van der Waals surface area (Å²) in [5.41, 5.74) is 7.71. The van der Waals surface area contributed by atoms with E-state index in [4.69, 9.17) is 26.8 Å². The Balaban J connectivity index is 1.49. The summed E-state index contributed by atoms with van der Waals surface area (Å²) in [6, 6.07) is 15.5. The first-order chi connectivity index (χ1) is 12.7. The second kappa shape index (κ2) is 7.52. The predicted molar refractivity (Wildman–Crippen MR) is 104 cm³/mol. The molecule has 1 aliphatic carbocycles. The van der Waals surface area contributed by atoms with Gasteiger partial charge in [0, 0.05) is 17.5 Å². The molecule has 2 aromatic carbocycles. The highest BCUT2D eigenvalue weighted by Gasteiger charge is 2.22. The Morgan fingerprint density at radius 3 is 2.73 bits per heavy atom. The lowest BCUT2D eigenvalue weighted by atomic mass is 10.1. The molecule has 134 valence electrons. The number of halogens is 1. The van der Waals surface area contributed by atoms with Gasteiger partial charge in [0.25, 0.3) is 0 Å². The van der Waals surface area contributed by atoms with Gasteiger partial charge >= 0.3 is 0 Å². The van der Waals surface area contributed by atoms with Crippen molar-refractivity contribution in [1.82, 2.24) is 4.98 Å². The third kappa shape index (κ3) is 4.09. The monoisotopic (exact) mass is 368 g/mol. The highest BCUT2D eigenvalue weighted by Crippen LogP contribution is 2.34. The van der Waals surface area contributed by atoms with E-state index in [-0.39, 0.29) is 0 Å². The fraction of sp³-hybridized carbons (Fsp3) is 0.286. The molecule has 0 unspecified atom stereocenters. The van der Waals surface area contributed by atoms with Crippen LogP contribution in [0.2, 0.25) is 5.02 Å². The van der Waals surface area contributed by atoms with Crippen LogP contribution < -0.4 is 15.2 Å². The number of benzene rings is 2. The van der Waals surface area contributed by atoms with E-state index in [1.807, 2.05) is 36.4 Å². The number of ether oxygens (including phenoxy) is 2. The molecule has 1 aliphatic rings. The van der Waals surface area contributed by atoms with Crippen molar-refractivity contribution < 1.29 is 9.47 Å². The van der Waals surface area contributed by atoms with E-state index in [0.29, 0.717) is 29.1 Å². The Morgan fingerprint density at radius 1 is 1.08 bits per heavy atom. The van der Waals surface area contributed by atoms with E-state index >= 15 is 0 Å². The van der Waals surface area contributed by atoms with Crippen molar-refractivity contribution >= 4 is 22.5 Å². The van der Waals surface area contributed by atoms with Crippen molar-refractivity contribution in [3.05, 3.63) is 59.1 Å². The minimum Gasteiger partial charge on any atom is -0.493 e. The molecule has 1 fully saturated rings. The first kappa shape index (κ1) is 17.1. The number of rotatable bonds is 7. The van der Waals surface area contributed by atoms with Crippen molar-refractivity contribution in [2.75, 3.05) is 13.2 Å². The summed E-state index contributed by atoms with van der Waals surface area (Å²) in [7, 11) is 0. The van der Waals surface area contributed by atoms with E-state index in [0.717, 1.165) is 29.7 Å². The van der Waals surface area contributed by atoms with Crippen LogP contribution in [-0.2, 0) is 6.42 Å². The molecular weight excluding hydrogens is 348 g/mol. The van der Waals surface area contributed by atoms with Crippen LogP contribution >= 0.6 is 11.6 Å². The van der Waals surface area contributed by atoms with E-state index in [9.17, 15) is 0 Å². The lowest BCUT2D eigenvalue weighted by Gasteiger charge is -2.10. The first-order valence-corrected chi connectivity index (χ1v) is 9.29. The summed E-state index contributed by atoms with van der Waals surface area (Å²) >= 11 is 6.34. The van der Waals surface area contributed by atoms with Crippen LogP contribution in [0.5, 0.6) is 17.4 Å². The Morgan fingerprint density at radius 2 is 1.96 bits per heavy atom. The summed E-state index contributed by atoms with van der Waals surface area (Å²) in [6.07, 6.45) is 3.38. The topological polar surface area (TPSA) is 57.4 Å². The number of nitrogens with zero attached hydrogens (tertiary/aromatic N) is 1. The summed E-state index contributed by atoms with van der Waals surface area (Å²) in [5, 5.41) is 1.58. The number of aromatic nitrogens is 1. The first-order valence-electron chi connectivity index (χ1n) is 8.91. The lowest BCUT2D eigenvalue weighted by molar-refractivity contribution is 0.299. The molecule has 3 aromatic rings. The molecule has 0 radical (unpaired) electrons. The van der Waals surface area contributed by atoms with Gasteiger partial charge in [0.15, 0.2) is 0 Å². The van der Waals surface area contributed by atoms with Gasteiger partial charge in [0.05, 0.1) is 17.1 Å². The Kier molecular flexibility index (Phi) is 4.96. The normalized spacial score (nSPS) is 13.8. The Bertz CT molecular complexity index is 925. The van der Waals surface area contributed by atoms with E-state index in [1.165, 1.54) is 18.4 Å². The number of nitrogens with two attached hydrogens (primary N) is 1. The van der Waals surface area contributed by atoms with Gasteiger partial charge in [-0.05, 0) is 67.6 Å². The molecule has 1 heterocycles. The molecule has 1 aromatic heterocycles. The molecule has 0 amide bonds.